The number of hydrogen-bond acceptors (Lipinski definition) is 7. The molecule has 0 unspecified atom stereocenters. The molecule has 1 fully saturated rings. The molecular weight excluding hydrogens is 440 g/mol. The molecule has 0 saturated carbocycles. The molecule has 0 radical (unpaired) electrons. The molecule has 1 aliphatic rings. The first kappa shape index (κ1) is 29.4. The predicted molar refractivity (Wildman–Crippen MR) is 119 cm³/mol. The molecule has 0 aromatic carbocycles. The van der Waals surface area contributed by atoms with Crippen LogP contribution in [0.2, 0.25) is 0 Å². The predicted octanol–water partition coefficient (Wildman–Crippen LogP) is -2.72. The molecular formula is C18H34N8O7. The lowest BCUT2D eigenvalue weighted by molar-refractivity contribution is -0.156. The van der Waals surface area contributed by atoms with Crippen molar-refractivity contribution in [2.45, 2.75) is 50.6 Å². The van der Waals surface area contributed by atoms with E-state index in [1.165, 1.54) is 4.90 Å². The third-order valence-corrected chi connectivity index (χ3v) is 4.45. The fraction of sp³-hybridized carbons (Fsp3) is 0.667. The normalized spacial score (nSPS) is 14.1. The summed E-state index contributed by atoms with van der Waals surface area (Å²) < 4.78 is 0. The molecule has 33 heavy (non-hydrogen) atoms. The number of likely N-dealkylation sites (tertiary alicyclic amines) is 1. The molecule has 2 atom stereocenters. The summed E-state index contributed by atoms with van der Waals surface area (Å²) in [5.74, 6) is -3.10. The number of hydrogen-bond donors (Lipinski definition) is 8. The molecule has 1 heterocycles. The molecule has 1 aliphatic heterocycles. The first-order valence-corrected chi connectivity index (χ1v) is 10.3. The Hall–Kier alpha value is -3.62. The van der Waals surface area contributed by atoms with Crippen molar-refractivity contribution < 1.29 is 34.5 Å². The van der Waals surface area contributed by atoms with Crippen LogP contribution in [0, 0.1) is 0 Å². The van der Waals surface area contributed by atoms with Crippen LogP contribution in [0.4, 0.5) is 0 Å². The lowest BCUT2D eigenvalue weighted by atomic mass is 10.0. The van der Waals surface area contributed by atoms with E-state index in [9.17, 15) is 19.2 Å². The quantitative estimate of drug-likeness (QED) is 0.0520. The second-order valence-corrected chi connectivity index (χ2v) is 7.08. The van der Waals surface area contributed by atoms with Gasteiger partial charge in [-0.05, 0) is 25.7 Å². The van der Waals surface area contributed by atoms with Crippen LogP contribution in [0.5, 0.6) is 0 Å². The third kappa shape index (κ3) is 14.1. The van der Waals surface area contributed by atoms with Gasteiger partial charge < -0.3 is 48.5 Å². The molecule has 1 rings (SSSR count). The minimum Gasteiger partial charge on any atom is -0.481 e. The highest BCUT2D eigenvalue weighted by molar-refractivity contribution is 5.87. The van der Waals surface area contributed by atoms with Crippen molar-refractivity contribution in [2.75, 3.05) is 26.2 Å². The number of aliphatic imine (C=N–C) groups is 2. The fourth-order valence-corrected chi connectivity index (χ4v) is 2.74. The number of aliphatic carboxylic acids is 3. The number of amides is 1. The van der Waals surface area contributed by atoms with Gasteiger partial charge in [-0.15, -0.1) is 0 Å². The maximum atomic E-state index is 11.1. The Morgan fingerprint density at radius 3 is 1.85 bits per heavy atom. The summed E-state index contributed by atoms with van der Waals surface area (Å²) in [6, 6.07) is -1.51. The molecule has 12 N–H and O–H groups in total. The molecule has 15 heteroatoms. The van der Waals surface area contributed by atoms with Gasteiger partial charge in [0.15, 0.2) is 11.9 Å². The van der Waals surface area contributed by atoms with E-state index in [4.69, 9.17) is 38.3 Å². The van der Waals surface area contributed by atoms with Crippen molar-refractivity contribution >= 4 is 35.7 Å². The van der Waals surface area contributed by atoms with Crippen LogP contribution in [-0.4, -0.2) is 94.2 Å². The van der Waals surface area contributed by atoms with Crippen LogP contribution < -0.4 is 28.3 Å². The summed E-state index contributed by atoms with van der Waals surface area (Å²) in [4.78, 5) is 52.0. The van der Waals surface area contributed by atoms with E-state index < -0.39 is 30.0 Å². The summed E-state index contributed by atoms with van der Waals surface area (Å²) in [7, 11) is 0. The third-order valence-electron chi connectivity index (χ3n) is 4.45. The van der Waals surface area contributed by atoms with Crippen LogP contribution in [-0.2, 0) is 19.2 Å². The maximum absolute atomic E-state index is 11.1. The van der Waals surface area contributed by atoms with Crippen molar-refractivity contribution in [2.24, 2.45) is 32.9 Å². The van der Waals surface area contributed by atoms with E-state index in [1.54, 1.807) is 0 Å². The summed E-state index contributed by atoms with van der Waals surface area (Å²) in [5.41, 5.74) is 20.5. The monoisotopic (exact) mass is 474 g/mol. The number of nitrogens with zero attached hydrogens (tertiary/aromatic N) is 3. The summed E-state index contributed by atoms with van der Waals surface area (Å²) in [6.45, 7) is 1.38. The van der Waals surface area contributed by atoms with E-state index in [-0.39, 0.29) is 30.8 Å². The second kappa shape index (κ2) is 16.1. The van der Waals surface area contributed by atoms with Crippen LogP contribution in [0.1, 0.15) is 38.5 Å². The molecule has 1 saturated heterocycles. The highest BCUT2D eigenvalue weighted by atomic mass is 16.4. The van der Waals surface area contributed by atoms with Crippen molar-refractivity contribution in [1.29, 1.82) is 0 Å². The molecule has 0 spiro atoms. The number of guanidine groups is 2. The van der Waals surface area contributed by atoms with Crippen molar-refractivity contribution in [3.05, 3.63) is 0 Å². The SMILES string of the molecule is NC(N)=NCCC[C@@H](C(=O)O)N1CCC1=O.NC(N)=NCCC[C@H](NCCC(=O)O)C(=O)O. The van der Waals surface area contributed by atoms with Gasteiger partial charge in [0, 0.05) is 32.6 Å². The lowest BCUT2D eigenvalue weighted by Crippen LogP contribution is -2.53. The Balaban J connectivity index is 0.000000621. The number of carbonyl (C=O) groups is 4. The number of carboxylic acids is 3. The van der Waals surface area contributed by atoms with E-state index in [2.05, 4.69) is 15.3 Å². The molecule has 15 nitrogen and oxygen atoms in total. The van der Waals surface area contributed by atoms with Gasteiger partial charge in [0.05, 0.1) is 6.42 Å². The van der Waals surface area contributed by atoms with Crippen LogP contribution in [0.15, 0.2) is 9.98 Å². The zero-order chi connectivity index (χ0) is 25.4. The van der Waals surface area contributed by atoms with Crippen molar-refractivity contribution in [3.63, 3.8) is 0 Å². The number of carbonyl (C=O) groups excluding carboxylic acids is 1. The number of nitrogens with one attached hydrogen (secondary N) is 1. The Kier molecular flexibility index (Phi) is 14.3. The fourth-order valence-electron chi connectivity index (χ4n) is 2.74. The Morgan fingerprint density at radius 1 is 0.939 bits per heavy atom. The maximum Gasteiger partial charge on any atom is 0.326 e. The molecule has 188 valence electrons. The lowest BCUT2D eigenvalue weighted by Gasteiger charge is -2.35. The van der Waals surface area contributed by atoms with Gasteiger partial charge in [0.25, 0.3) is 0 Å². The highest BCUT2D eigenvalue weighted by Crippen LogP contribution is 2.17. The first-order chi connectivity index (χ1) is 15.5. The summed E-state index contributed by atoms with van der Waals surface area (Å²) in [5, 5.41) is 28.9. The van der Waals surface area contributed by atoms with Crippen LogP contribution >= 0.6 is 0 Å². The highest BCUT2D eigenvalue weighted by Gasteiger charge is 2.34. The van der Waals surface area contributed by atoms with Gasteiger partial charge in [-0.1, -0.05) is 0 Å². The number of rotatable bonds is 15. The molecule has 0 aromatic heterocycles. The van der Waals surface area contributed by atoms with E-state index in [0.717, 1.165) is 0 Å². The minimum atomic E-state index is -1.01. The standard InChI is InChI=1S/C9H18N4O4.C9H16N4O3/c10-9(11)13-4-1-2-6(8(16)17)12-5-3-7(14)15;10-9(11)12-4-1-2-6(8(15)16)13-5-3-7(13)14/h6,12H,1-5H2,(H,14,15)(H,16,17)(H4,10,11,13);6H,1-5H2,(H,15,16)(H4,10,11,12)/t2*6-/m00/s1. The summed E-state index contributed by atoms with van der Waals surface area (Å²) >= 11 is 0. The van der Waals surface area contributed by atoms with E-state index in [0.29, 0.717) is 51.7 Å². The van der Waals surface area contributed by atoms with E-state index in [1.807, 2.05) is 0 Å². The molecule has 0 aliphatic carbocycles. The van der Waals surface area contributed by atoms with Gasteiger partial charge in [-0.25, -0.2) is 4.79 Å². The number of nitrogens with two attached hydrogens (primary N) is 4. The summed E-state index contributed by atoms with van der Waals surface area (Å²) in [6.07, 6.45) is 2.09. The average Bonchev–Trinajstić information content (AvgIpc) is 2.70. The van der Waals surface area contributed by atoms with Crippen molar-refractivity contribution in [1.82, 2.24) is 10.2 Å². The molecule has 1 amide bonds. The zero-order valence-corrected chi connectivity index (χ0v) is 18.4. The second-order valence-electron chi connectivity index (χ2n) is 7.08. The van der Waals surface area contributed by atoms with Gasteiger partial charge >= 0.3 is 17.9 Å². The Bertz CT molecular complexity index is 721. The van der Waals surface area contributed by atoms with Gasteiger partial charge in [0.2, 0.25) is 5.91 Å². The Labute approximate surface area is 190 Å². The first-order valence-electron chi connectivity index (χ1n) is 10.3. The molecule has 0 aromatic rings. The number of β-lactam (4-membered cyclic amide) rings is 1. The molecule has 0 bridgehead atoms. The van der Waals surface area contributed by atoms with Crippen LogP contribution in [0.3, 0.4) is 0 Å². The number of carboxylic acid groups (broad SMARTS) is 3. The largest absolute Gasteiger partial charge is 0.481 e. The Morgan fingerprint density at radius 2 is 1.48 bits per heavy atom. The van der Waals surface area contributed by atoms with Gasteiger partial charge in [0.1, 0.15) is 12.1 Å². The zero-order valence-electron chi connectivity index (χ0n) is 18.4. The van der Waals surface area contributed by atoms with Gasteiger partial charge in [-0.2, -0.15) is 0 Å². The van der Waals surface area contributed by atoms with Crippen LogP contribution in [0.25, 0.3) is 0 Å². The average molecular weight is 475 g/mol. The topological polar surface area (TPSA) is 273 Å². The van der Waals surface area contributed by atoms with Gasteiger partial charge in [-0.3, -0.25) is 24.4 Å². The minimum absolute atomic E-state index is 0.00750. The van der Waals surface area contributed by atoms with Crippen molar-refractivity contribution in [3.8, 4) is 0 Å². The van der Waals surface area contributed by atoms with E-state index >= 15 is 0 Å². The smallest absolute Gasteiger partial charge is 0.326 e.